The maximum atomic E-state index is 7.62. The van der Waals surface area contributed by atoms with E-state index in [4.69, 9.17) is 11.6 Å². The molecule has 3 saturated carbocycles. The van der Waals surface area contributed by atoms with Gasteiger partial charge in [-0.2, -0.15) is 5.10 Å². The van der Waals surface area contributed by atoms with Gasteiger partial charge in [-0.25, -0.2) is 19.8 Å². The highest BCUT2D eigenvalue weighted by Crippen LogP contribution is 2.50. The smallest absolute Gasteiger partial charge is 0.219 e. The van der Waals surface area contributed by atoms with Crippen LogP contribution in [-0.2, 0) is 12.5 Å². The van der Waals surface area contributed by atoms with E-state index in [0.717, 1.165) is 34.3 Å². The van der Waals surface area contributed by atoms with Gasteiger partial charge in [0.2, 0.25) is 6.20 Å². The number of nitrogens with zero attached hydrogens (tertiary/aromatic N) is 6. The molecule has 6 rings (SSSR count). The third kappa shape index (κ3) is 3.46. The molecular weight excluding hydrogens is 386 g/mol. The van der Waals surface area contributed by atoms with Crippen LogP contribution in [-0.4, -0.2) is 34.1 Å². The number of benzene rings is 1. The minimum Gasteiger partial charge on any atom is -0.371 e. The molecule has 31 heavy (non-hydrogen) atoms. The van der Waals surface area contributed by atoms with Crippen molar-refractivity contribution in [2.75, 3.05) is 19.0 Å². The predicted octanol–water partition coefficient (Wildman–Crippen LogP) is 4.20. The van der Waals surface area contributed by atoms with Crippen LogP contribution in [0.25, 0.3) is 27.5 Å². The zero-order chi connectivity index (χ0) is 21.6. The molecule has 0 radical (unpaired) electrons. The van der Waals surface area contributed by atoms with Gasteiger partial charge >= 0.3 is 0 Å². The average Bonchev–Trinajstić information content (AvgIpc) is 3.22. The van der Waals surface area contributed by atoms with Gasteiger partial charge in [0.1, 0.15) is 23.5 Å². The van der Waals surface area contributed by atoms with E-state index in [1.165, 1.54) is 38.5 Å². The van der Waals surface area contributed by atoms with Crippen molar-refractivity contribution < 1.29 is 4.68 Å². The summed E-state index contributed by atoms with van der Waals surface area (Å²) in [6, 6.07) is 5.87. The van der Waals surface area contributed by atoms with Gasteiger partial charge in [0.15, 0.2) is 18.6 Å². The second kappa shape index (κ2) is 7.45. The molecule has 3 fully saturated rings. The highest BCUT2D eigenvalue weighted by molar-refractivity contribution is 5.80. The summed E-state index contributed by atoms with van der Waals surface area (Å²) in [5, 5.41) is 3.37. The Morgan fingerprint density at radius 1 is 1.10 bits per heavy atom. The van der Waals surface area contributed by atoms with Gasteiger partial charge in [-0.15, -0.1) is 4.68 Å². The third-order valence-electron chi connectivity index (χ3n) is 7.08. The molecular formula is C24H28N7+. The van der Waals surface area contributed by atoms with Gasteiger partial charge in [-0.05, 0) is 68.2 Å². The van der Waals surface area contributed by atoms with Gasteiger partial charge in [0.25, 0.3) is 0 Å². The van der Waals surface area contributed by atoms with Gasteiger partial charge in [-0.1, -0.05) is 0 Å². The van der Waals surface area contributed by atoms with Crippen molar-refractivity contribution in [3.8, 4) is 22.6 Å². The van der Waals surface area contributed by atoms with Crippen LogP contribution in [0.5, 0.6) is 0 Å². The first-order valence-electron chi connectivity index (χ1n) is 11.0. The first-order valence-corrected chi connectivity index (χ1v) is 11.0. The van der Waals surface area contributed by atoms with Crippen molar-refractivity contribution in [1.82, 2.24) is 20.1 Å². The third-order valence-corrected chi connectivity index (χ3v) is 7.08. The molecule has 3 aromatic rings. The molecule has 1 N–H and O–H groups in total. The standard InChI is InChI=1S/C24H27N7/c1-25-19-12-17(21-20(30(2)3)14-31(4)29-21)11-18(13-19)22-26-15-27-23(28-22)24-8-5-16(6-9-24)7-10-24/h11-16H,5-10H2,2-4H3/p+1. The van der Waals surface area contributed by atoms with Crippen LogP contribution < -0.4 is 9.58 Å². The molecule has 0 spiro atoms. The summed E-state index contributed by atoms with van der Waals surface area (Å²) in [7, 11) is 6.00. The van der Waals surface area contributed by atoms with Gasteiger partial charge in [-0.3, -0.25) is 0 Å². The van der Waals surface area contributed by atoms with Crippen LogP contribution in [0.3, 0.4) is 0 Å². The maximum absolute atomic E-state index is 7.62. The van der Waals surface area contributed by atoms with E-state index in [9.17, 15) is 0 Å². The zero-order valence-corrected chi connectivity index (χ0v) is 18.4. The van der Waals surface area contributed by atoms with E-state index in [-0.39, 0.29) is 5.41 Å². The first-order chi connectivity index (χ1) is 15.0. The normalized spacial score (nSPS) is 22.3. The topological polar surface area (TPSA) is 65.9 Å². The summed E-state index contributed by atoms with van der Waals surface area (Å²) in [5.41, 5.74) is 4.52. The number of rotatable bonds is 4. The second-order valence-corrected chi connectivity index (χ2v) is 9.28. The lowest BCUT2D eigenvalue weighted by Gasteiger charge is -2.45. The fourth-order valence-electron chi connectivity index (χ4n) is 5.29. The average molecular weight is 415 g/mol. The number of hydrogen-bond donors (Lipinski definition) is 1. The summed E-state index contributed by atoms with van der Waals surface area (Å²) in [6.45, 7) is 7.62. The molecule has 7 heteroatoms. The predicted molar refractivity (Wildman–Crippen MR) is 120 cm³/mol. The van der Waals surface area contributed by atoms with E-state index < -0.39 is 0 Å². The lowest BCUT2D eigenvalue weighted by atomic mass is 9.60. The van der Waals surface area contributed by atoms with E-state index >= 15 is 0 Å². The number of aryl methyl sites for hydroxylation is 1. The highest BCUT2D eigenvalue weighted by Gasteiger charge is 2.43. The Balaban J connectivity index is 1.59. The van der Waals surface area contributed by atoms with Gasteiger partial charge in [0.05, 0.1) is 6.57 Å². The maximum Gasteiger partial charge on any atom is 0.219 e. The van der Waals surface area contributed by atoms with Crippen molar-refractivity contribution in [3.63, 3.8) is 0 Å². The zero-order valence-electron chi connectivity index (χ0n) is 18.4. The summed E-state index contributed by atoms with van der Waals surface area (Å²) in [4.78, 5) is 19.9. The van der Waals surface area contributed by atoms with Crippen LogP contribution in [0, 0.1) is 12.5 Å². The monoisotopic (exact) mass is 414 g/mol. The Labute approximate surface area is 183 Å². The number of aromatic nitrogens is 5. The Morgan fingerprint density at radius 3 is 2.48 bits per heavy atom. The summed E-state index contributed by atoms with van der Waals surface area (Å²) < 4.78 is 1.93. The highest BCUT2D eigenvalue weighted by atomic mass is 15.3. The molecule has 1 aromatic carbocycles. The molecule has 158 valence electrons. The fraction of sp³-hybridized carbons (Fsp3) is 0.458. The molecule has 0 atom stereocenters. The minimum absolute atomic E-state index is 0.109. The minimum atomic E-state index is 0.109. The number of fused-ring (bicyclic) bond motifs is 3. The largest absolute Gasteiger partial charge is 0.371 e. The van der Waals surface area contributed by atoms with Crippen molar-refractivity contribution in [3.05, 3.63) is 48.0 Å². The molecule has 0 saturated heterocycles. The molecule has 3 aliphatic rings. The second-order valence-electron chi connectivity index (χ2n) is 9.28. The molecule has 7 nitrogen and oxygen atoms in total. The van der Waals surface area contributed by atoms with Crippen molar-refractivity contribution in [1.29, 1.82) is 0 Å². The van der Waals surface area contributed by atoms with Gasteiger partial charge in [0, 0.05) is 25.1 Å². The number of hydrogen-bond acceptors (Lipinski definition) is 4. The van der Waals surface area contributed by atoms with Crippen LogP contribution >= 0.6 is 0 Å². The van der Waals surface area contributed by atoms with Crippen molar-refractivity contribution in [2.45, 2.75) is 43.9 Å². The SMILES string of the molecule is [C-]#[N+]c1cc(-c2ncnc(C34CCC(CC3)CC4)n2)cc(-c2[nH][n+](C)cc2N(C)C)c1. The summed E-state index contributed by atoms with van der Waals surface area (Å²) >= 11 is 0. The van der Waals surface area contributed by atoms with Crippen molar-refractivity contribution in [2.24, 2.45) is 13.0 Å². The number of nitrogens with one attached hydrogen (secondary N) is 1. The van der Waals surface area contributed by atoms with Crippen molar-refractivity contribution >= 4 is 11.4 Å². The van der Waals surface area contributed by atoms with E-state index in [1.807, 2.05) is 44.2 Å². The number of aromatic amines is 1. The fourth-order valence-corrected chi connectivity index (χ4v) is 5.29. The molecule has 3 aliphatic carbocycles. The molecule has 0 amide bonds. The Kier molecular flexibility index (Phi) is 4.73. The Morgan fingerprint density at radius 2 is 1.81 bits per heavy atom. The molecule has 0 unspecified atom stereocenters. The summed E-state index contributed by atoms with van der Waals surface area (Å²) in [5.74, 6) is 2.49. The lowest BCUT2D eigenvalue weighted by Crippen LogP contribution is -2.39. The molecule has 2 heterocycles. The molecule has 0 aliphatic heterocycles. The van der Waals surface area contributed by atoms with Crippen LogP contribution in [0.2, 0.25) is 0 Å². The molecule has 2 bridgehead atoms. The Bertz CT molecular complexity index is 1150. The number of H-pyrrole nitrogens is 1. The van der Waals surface area contributed by atoms with E-state index in [2.05, 4.69) is 30.9 Å². The summed E-state index contributed by atoms with van der Waals surface area (Å²) in [6.07, 6.45) is 11.1. The quantitative estimate of drug-likeness (QED) is 0.513. The van der Waals surface area contributed by atoms with E-state index in [0.29, 0.717) is 11.5 Å². The van der Waals surface area contributed by atoms with Crippen LogP contribution in [0.1, 0.15) is 44.3 Å². The lowest BCUT2D eigenvalue weighted by molar-refractivity contribution is -0.725. The van der Waals surface area contributed by atoms with E-state index in [1.54, 1.807) is 6.33 Å². The molecule has 2 aromatic heterocycles. The first kappa shape index (κ1) is 19.7. The number of anilines is 1. The Hall–Kier alpha value is -3.27. The van der Waals surface area contributed by atoms with Crippen LogP contribution in [0.4, 0.5) is 11.4 Å². The van der Waals surface area contributed by atoms with Gasteiger partial charge < -0.3 is 4.90 Å². The van der Waals surface area contributed by atoms with Crippen LogP contribution in [0.15, 0.2) is 30.7 Å².